The molecule has 0 spiro atoms. The summed E-state index contributed by atoms with van der Waals surface area (Å²) >= 11 is 0. The summed E-state index contributed by atoms with van der Waals surface area (Å²) in [4.78, 5) is 21.1. The summed E-state index contributed by atoms with van der Waals surface area (Å²) in [5, 5.41) is 7.63. The van der Waals surface area contributed by atoms with Crippen molar-refractivity contribution in [2.24, 2.45) is 15.0 Å². The Hall–Kier alpha value is -4.31. The molecule has 2 saturated heterocycles. The van der Waals surface area contributed by atoms with Crippen molar-refractivity contribution >= 4 is 29.2 Å². The molecule has 10 heteroatoms. The van der Waals surface area contributed by atoms with E-state index in [0.29, 0.717) is 23.7 Å². The van der Waals surface area contributed by atoms with Crippen LogP contribution in [0.15, 0.2) is 81.0 Å². The van der Waals surface area contributed by atoms with E-state index in [1.165, 1.54) is 11.9 Å². The molecule has 3 aliphatic heterocycles. The highest BCUT2D eigenvalue weighted by Gasteiger charge is 2.39. The third-order valence-electron chi connectivity index (χ3n) is 7.66. The van der Waals surface area contributed by atoms with Gasteiger partial charge in [-0.2, -0.15) is 5.10 Å². The Kier molecular flexibility index (Phi) is 7.17. The number of pyridine rings is 1. The minimum Gasteiger partial charge on any atom is -0.457 e. The molecule has 2 aromatic heterocycles. The first-order chi connectivity index (χ1) is 19.5. The summed E-state index contributed by atoms with van der Waals surface area (Å²) in [6.07, 6.45) is 10.1. The maximum atomic E-state index is 6.16. The van der Waals surface area contributed by atoms with Crippen LogP contribution >= 0.6 is 0 Å². The minimum absolute atomic E-state index is 0.356. The van der Waals surface area contributed by atoms with E-state index in [2.05, 4.69) is 44.1 Å². The van der Waals surface area contributed by atoms with E-state index in [0.717, 1.165) is 72.4 Å². The van der Waals surface area contributed by atoms with Gasteiger partial charge in [-0.25, -0.2) is 24.5 Å². The predicted octanol–water partition coefficient (Wildman–Crippen LogP) is 5.53. The highest BCUT2D eigenvalue weighted by molar-refractivity contribution is 6.52. The quantitative estimate of drug-likeness (QED) is 0.443. The molecule has 2 unspecified atom stereocenters. The number of hydrogen-bond donors (Lipinski definition) is 1. The van der Waals surface area contributed by atoms with E-state index in [1.807, 2.05) is 56.5 Å². The molecule has 5 heterocycles. The predicted molar refractivity (Wildman–Crippen MR) is 157 cm³/mol. The second kappa shape index (κ2) is 11.1. The van der Waals surface area contributed by atoms with Gasteiger partial charge in [0.25, 0.3) is 0 Å². The lowest BCUT2D eigenvalue weighted by atomic mass is 10.1. The molecule has 1 aromatic carbocycles. The Morgan fingerprint density at radius 1 is 1.20 bits per heavy atom. The number of aliphatic imine (C=N–C) groups is 3. The van der Waals surface area contributed by atoms with Crippen molar-refractivity contribution in [3.63, 3.8) is 0 Å². The fourth-order valence-electron chi connectivity index (χ4n) is 5.38. The van der Waals surface area contributed by atoms with Gasteiger partial charge < -0.3 is 19.7 Å². The first kappa shape index (κ1) is 25.9. The van der Waals surface area contributed by atoms with Crippen molar-refractivity contribution < 1.29 is 9.47 Å². The molecule has 1 N–H and O–H groups in total. The lowest BCUT2D eigenvalue weighted by Crippen LogP contribution is -2.45. The second-order valence-corrected chi connectivity index (χ2v) is 10.3. The largest absolute Gasteiger partial charge is 0.457 e. The van der Waals surface area contributed by atoms with Crippen LogP contribution in [0.25, 0.3) is 5.65 Å². The van der Waals surface area contributed by atoms with E-state index in [1.54, 1.807) is 10.9 Å². The number of rotatable bonds is 6. The van der Waals surface area contributed by atoms with Gasteiger partial charge in [-0.3, -0.25) is 0 Å². The van der Waals surface area contributed by atoms with Gasteiger partial charge in [0.15, 0.2) is 11.5 Å². The number of nitrogens with one attached hydrogen (secondary N) is 1. The molecule has 206 valence electrons. The molecule has 3 aromatic rings. The first-order valence-electron chi connectivity index (χ1n) is 13.8. The molecule has 0 saturated carbocycles. The number of morpholine rings is 1. The zero-order chi connectivity index (χ0) is 27.6. The topological polar surface area (TPSA) is 101 Å². The van der Waals surface area contributed by atoms with Gasteiger partial charge >= 0.3 is 0 Å². The van der Waals surface area contributed by atoms with Crippen molar-refractivity contribution in [2.75, 3.05) is 18.5 Å². The lowest BCUT2D eigenvalue weighted by molar-refractivity contribution is 0.00224. The van der Waals surface area contributed by atoms with Gasteiger partial charge in [0.05, 0.1) is 31.0 Å². The molecule has 40 heavy (non-hydrogen) atoms. The van der Waals surface area contributed by atoms with Crippen molar-refractivity contribution in [2.45, 2.75) is 59.0 Å². The Bertz CT molecular complexity index is 1570. The summed E-state index contributed by atoms with van der Waals surface area (Å²) in [5.74, 6) is 3.14. The number of fused-ring (bicyclic) bond motifs is 3. The van der Waals surface area contributed by atoms with Crippen molar-refractivity contribution in [1.29, 1.82) is 0 Å². The Morgan fingerprint density at radius 2 is 2.02 bits per heavy atom. The lowest BCUT2D eigenvalue weighted by Gasteiger charge is -2.37. The highest BCUT2D eigenvalue weighted by Crippen LogP contribution is 2.35. The number of aryl methyl sites for hydroxylation is 1. The van der Waals surface area contributed by atoms with Crippen molar-refractivity contribution in [1.82, 2.24) is 19.5 Å². The summed E-state index contributed by atoms with van der Waals surface area (Å²) in [6, 6.07) is 10.4. The molecule has 2 bridgehead atoms. The third kappa shape index (κ3) is 5.02. The van der Waals surface area contributed by atoms with Crippen LogP contribution in [0, 0.1) is 6.92 Å². The average Bonchev–Trinajstić information content (AvgIpc) is 3.53. The maximum Gasteiger partial charge on any atom is 0.160 e. The van der Waals surface area contributed by atoms with Gasteiger partial charge in [-0.15, -0.1) is 0 Å². The van der Waals surface area contributed by atoms with Crippen LogP contribution in [0.2, 0.25) is 0 Å². The van der Waals surface area contributed by atoms with Crippen LogP contribution in [0.3, 0.4) is 0 Å². The highest BCUT2D eigenvalue weighted by atomic mass is 16.5. The molecule has 0 radical (unpaired) electrons. The van der Waals surface area contributed by atoms with Crippen LogP contribution in [-0.2, 0) is 4.74 Å². The zero-order valence-corrected chi connectivity index (χ0v) is 23.3. The summed E-state index contributed by atoms with van der Waals surface area (Å²) in [6.45, 7) is 9.84. The standard InChI is InChI=1S/C30H34N8O2/c1-5-19(3)30(38-22-8-9-23(38)16-39-15-22)36-28-25(6-2)31-17-33-29(28)35-21-7-10-26(20(4)13-21)40-24-11-12-37-27(14-24)32-18-34-37/h6-7,10-14,17-18,22-23H,5,8-9,15-16H2,1-4H3,(H,31,33,35)/b25-6+,30-19-,36-28+. The monoisotopic (exact) mass is 538 g/mol. The van der Waals surface area contributed by atoms with Crippen molar-refractivity contribution in [3.8, 4) is 11.5 Å². The Balaban J connectivity index is 1.28. The van der Waals surface area contributed by atoms with Crippen LogP contribution in [0.4, 0.5) is 5.69 Å². The number of amidine groups is 1. The van der Waals surface area contributed by atoms with Gasteiger partial charge in [0.2, 0.25) is 0 Å². The number of hydrogen-bond acceptors (Lipinski definition) is 9. The fourth-order valence-corrected chi connectivity index (χ4v) is 5.38. The van der Waals surface area contributed by atoms with Gasteiger partial charge in [0, 0.05) is 18.0 Å². The fraction of sp³-hybridized carbons (Fsp3) is 0.367. The molecule has 2 fully saturated rings. The van der Waals surface area contributed by atoms with E-state index in [-0.39, 0.29) is 0 Å². The number of ether oxygens (including phenoxy) is 2. The number of nitrogens with zero attached hydrogens (tertiary/aromatic N) is 7. The van der Waals surface area contributed by atoms with E-state index < -0.39 is 0 Å². The molecule has 2 atom stereocenters. The Labute approximate surface area is 233 Å². The molecular weight excluding hydrogens is 504 g/mol. The summed E-state index contributed by atoms with van der Waals surface area (Å²) < 4.78 is 13.7. The Morgan fingerprint density at radius 3 is 2.77 bits per heavy atom. The van der Waals surface area contributed by atoms with Gasteiger partial charge in [-0.1, -0.05) is 13.0 Å². The van der Waals surface area contributed by atoms with Crippen LogP contribution < -0.4 is 10.1 Å². The molecule has 0 amide bonds. The first-order valence-corrected chi connectivity index (χ1v) is 13.8. The SMILES string of the molecule is C/C=C1/N=CN=C(Nc2ccc(Oc3ccn4ncnc4c3)c(C)c2)/C1=N/C(=C(\C)CC)N1C2CCC1COC2. The number of benzene rings is 1. The van der Waals surface area contributed by atoms with E-state index in [4.69, 9.17) is 14.5 Å². The van der Waals surface area contributed by atoms with Crippen LogP contribution in [0.5, 0.6) is 11.5 Å². The molecule has 0 aliphatic carbocycles. The second-order valence-electron chi connectivity index (χ2n) is 10.3. The third-order valence-corrected chi connectivity index (χ3v) is 7.66. The van der Waals surface area contributed by atoms with Gasteiger partial charge in [0.1, 0.15) is 35.7 Å². The molecular formula is C30H34N8O2. The molecule has 6 rings (SSSR count). The average molecular weight is 539 g/mol. The van der Waals surface area contributed by atoms with Crippen LogP contribution in [0.1, 0.15) is 45.6 Å². The van der Waals surface area contributed by atoms with Crippen molar-refractivity contribution in [3.05, 3.63) is 71.6 Å². The molecule has 10 nitrogen and oxygen atoms in total. The maximum absolute atomic E-state index is 6.16. The van der Waals surface area contributed by atoms with E-state index in [9.17, 15) is 0 Å². The smallest absolute Gasteiger partial charge is 0.160 e. The van der Waals surface area contributed by atoms with Crippen LogP contribution in [-0.4, -0.2) is 62.7 Å². The zero-order valence-electron chi connectivity index (χ0n) is 23.3. The normalized spacial score (nSPS) is 23.1. The van der Waals surface area contributed by atoms with E-state index >= 15 is 0 Å². The number of anilines is 1. The summed E-state index contributed by atoms with van der Waals surface area (Å²) in [5.41, 5.74) is 5.37. The number of aromatic nitrogens is 3. The molecule has 3 aliphatic rings. The minimum atomic E-state index is 0.356. The van der Waals surface area contributed by atoms with Gasteiger partial charge in [-0.05, 0) is 75.4 Å². The summed E-state index contributed by atoms with van der Waals surface area (Å²) in [7, 11) is 0. The number of allylic oxidation sites excluding steroid dienone is 2.